The molecular formula is C19H19N3O5. The number of benzene rings is 1. The fraction of sp³-hybridized carbons (Fsp3) is 0.211. The number of carbonyl (C=O) groups is 1. The van der Waals surface area contributed by atoms with Crippen molar-refractivity contribution in [1.29, 1.82) is 0 Å². The lowest BCUT2D eigenvalue weighted by Gasteiger charge is -2.28. The number of aromatic amines is 2. The Morgan fingerprint density at radius 2 is 1.93 bits per heavy atom. The second kappa shape index (κ2) is 7.36. The SMILES string of the molecule is C=CCOC(=O)C1=C(C)Nc2[nH]c(=O)[nH]c(=O)c2C1c1ccc(OC)cc1. The van der Waals surface area contributed by atoms with Crippen LogP contribution in [0, 0.1) is 0 Å². The number of aromatic nitrogens is 2. The Morgan fingerprint density at radius 1 is 1.22 bits per heavy atom. The quantitative estimate of drug-likeness (QED) is 0.545. The lowest BCUT2D eigenvalue weighted by atomic mass is 9.82. The molecule has 2 aromatic rings. The van der Waals surface area contributed by atoms with Gasteiger partial charge in [-0.3, -0.25) is 14.8 Å². The maximum absolute atomic E-state index is 12.7. The molecule has 1 atom stereocenters. The lowest BCUT2D eigenvalue weighted by Crippen LogP contribution is -2.35. The van der Waals surface area contributed by atoms with E-state index in [0.717, 1.165) is 0 Å². The van der Waals surface area contributed by atoms with Crippen LogP contribution in [-0.4, -0.2) is 29.7 Å². The summed E-state index contributed by atoms with van der Waals surface area (Å²) in [5, 5.41) is 2.92. The molecule has 1 aliphatic rings. The molecule has 2 heterocycles. The summed E-state index contributed by atoms with van der Waals surface area (Å²) in [7, 11) is 1.55. The third-order valence-corrected chi connectivity index (χ3v) is 4.27. The smallest absolute Gasteiger partial charge is 0.337 e. The second-order valence-electron chi connectivity index (χ2n) is 5.95. The molecule has 8 heteroatoms. The number of carbonyl (C=O) groups excluding carboxylic acids is 1. The number of H-pyrrole nitrogens is 2. The minimum absolute atomic E-state index is 0.0415. The second-order valence-corrected chi connectivity index (χ2v) is 5.95. The molecular weight excluding hydrogens is 350 g/mol. The van der Waals surface area contributed by atoms with Gasteiger partial charge in [0.2, 0.25) is 0 Å². The largest absolute Gasteiger partial charge is 0.497 e. The number of methoxy groups -OCH3 is 1. The molecule has 27 heavy (non-hydrogen) atoms. The first-order chi connectivity index (χ1) is 13.0. The van der Waals surface area contributed by atoms with Crippen LogP contribution in [0.3, 0.4) is 0 Å². The number of hydrogen-bond acceptors (Lipinski definition) is 6. The topological polar surface area (TPSA) is 113 Å². The Labute approximate surface area is 154 Å². The monoisotopic (exact) mass is 369 g/mol. The molecule has 3 rings (SSSR count). The first kappa shape index (κ1) is 18.2. The molecule has 0 aliphatic carbocycles. The number of rotatable bonds is 5. The normalized spacial score (nSPS) is 15.6. The fourth-order valence-electron chi connectivity index (χ4n) is 3.10. The highest BCUT2D eigenvalue weighted by Crippen LogP contribution is 2.39. The number of hydrogen-bond donors (Lipinski definition) is 3. The van der Waals surface area contributed by atoms with E-state index in [1.54, 1.807) is 38.3 Å². The van der Waals surface area contributed by atoms with E-state index in [1.807, 2.05) is 0 Å². The highest BCUT2D eigenvalue weighted by atomic mass is 16.5. The minimum Gasteiger partial charge on any atom is -0.497 e. The Balaban J connectivity index is 2.21. The van der Waals surface area contributed by atoms with Crippen LogP contribution in [0.25, 0.3) is 0 Å². The first-order valence-electron chi connectivity index (χ1n) is 8.22. The average molecular weight is 369 g/mol. The van der Waals surface area contributed by atoms with Crippen molar-refractivity contribution in [2.45, 2.75) is 12.8 Å². The molecule has 0 spiro atoms. The molecule has 140 valence electrons. The molecule has 0 radical (unpaired) electrons. The van der Waals surface area contributed by atoms with Crippen molar-refractivity contribution in [2.24, 2.45) is 0 Å². The molecule has 1 aliphatic heterocycles. The minimum atomic E-state index is -0.718. The van der Waals surface area contributed by atoms with E-state index in [-0.39, 0.29) is 23.6 Å². The molecule has 1 aromatic heterocycles. The zero-order valence-corrected chi connectivity index (χ0v) is 14.9. The molecule has 8 nitrogen and oxygen atoms in total. The lowest BCUT2D eigenvalue weighted by molar-refractivity contribution is -0.138. The summed E-state index contributed by atoms with van der Waals surface area (Å²) in [4.78, 5) is 41.7. The van der Waals surface area contributed by atoms with E-state index >= 15 is 0 Å². The molecule has 3 N–H and O–H groups in total. The van der Waals surface area contributed by atoms with Gasteiger partial charge in [-0.2, -0.15) is 0 Å². The Morgan fingerprint density at radius 3 is 2.56 bits per heavy atom. The van der Waals surface area contributed by atoms with Crippen molar-refractivity contribution in [3.05, 3.63) is 80.2 Å². The summed E-state index contributed by atoms with van der Waals surface area (Å²) in [6.45, 7) is 5.26. The summed E-state index contributed by atoms with van der Waals surface area (Å²) >= 11 is 0. The van der Waals surface area contributed by atoms with Gasteiger partial charge in [0.15, 0.2) is 0 Å². The van der Waals surface area contributed by atoms with Crippen LogP contribution in [-0.2, 0) is 9.53 Å². The molecule has 0 bridgehead atoms. The zero-order valence-electron chi connectivity index (χ0n) is 14.9. The van der Waals surface area contributed by atoms with Gasteiger partial charge in [-0.25, -0.2) is 9.59 Å². The van der Waals surface area contributed by atoms with Crippen molar-refractivity contribution in [1.82, 2.24) is 9.97 Å². The van der Waals surface area contributed by atoms with Crippen LogP contribution < -0.4 is 21.3 Å². The number of ether oxygens (including phenoxy) is 2. The Bertz CT molecular complexity index is 1030. The van der Waals surface area contributed by atoms with Crippen molar-refractivity contribution in [2.75, 3.05) is 19.0 Å². The van der Waals surface area contributed by atoms with Gasteiger partial charge in [0, 0.05) is 5.70 Å². The van der Waals surface area contributed by atoms with E-state index in [4.69, 9.17) is 9.47 Å². The third kappa shape index (κ3) is 3.41. The van der Waals surface area contributed by atoms with E-state index in [2.05, 4.69) is 21.9 Å². The van der Waals surface area contributed by atoms with Crippen molar-refractivity contribution in [3.8, 4) is 5.75 Å². The number of fused-ring (bicyclic) bond motifs is 1. The maximum atomic E-state index is 12.7. The highest BCUT2D eigenvalue weighted by Gasteiger charge is 2.35. The van der Waals surface area contributed by atoms with Crippen LogP contribution in [0.2, 0.25) is 0 Å². The zero-order chi connectivity index (χ0) is 19.6. The molecule has 0 amide bonds. The first-order valence-corrected chi connectivity index (χ1v) is 8.22. The van der Waals surface area contributed by atoms with E-state index in [9.17, 15) is 14.4 Å². The summed E-state index contributed by atoms with van der Waals surface area (Å²) < 4.78 is 10.4. The summed E-state index contributed by atoms with van der Waals surface area (Å²) in [6.07, 6.45) is 1.46. The van der Waals surface area contributed by atoms with Gasteiger partial charge in [0.25, 0.3) is 5.56 Å². The summed E-state index contributed by atoms with van der Waals surface area (Å²) in [5.74, 6) is -0.399. The van der Waals surface area contributed by atoms with Gasteiger partial charge < -0.3 is 14.8 Å². The molecule has 0 fully saturated rings. The predicted octanol–water partition coefficient (Wildman–Crippen LogP) is 1.63. The Kier molecular flexibility index (Phi) is 4.98. The number of anilines is 1. The van der Waals surface area contributed by atoms with E-state index in [0.29, 0.717) is 17.0 Å². The molecule has 1 unspecified atom stereocenters. The van der Waals surface area contributed by atoms with Crippen LogP contribution >= 0.6 is 0 Å². The number of nitrogens with one attached hydrogen (secondary N) is 3. The van der Waals surface area contributed by atoms with Crippen molar-refractivity contribution in [3.63, 3.8) is 0 Å². The highest BCUT2D eigenvalue weighted by molar-refractivity contribution is 5.94. The van der Waals surface area contributed by atoms with Gasteiger partial charge in [0.05, 0.1) is 24.2 Å². The molecule has 0 saturated carbocycles. The average Bonchev–Trinajstić information content (AvgIpc) is 2.64. The third-order valence-electron chi connectivity index (χ3n) is 4.27. The van der Waals surface area contributed by atoms with Crippen LogP contribution in [0.15, 0.2) is 57.8 Å². The van der Waals surface area contributed by atoms with Crippen molar-refractivity contribution < 1.29 is 14.3 Å². The maximum Gasteiger partial charge on any atom is 0.337 e. The van der Waals surface area contributed by atoms with Crippen LogP contribution in [0.1, 0.15) is 24.0 Å². The van der Waals surface area contributed by atoms with Gasteiger partial charge in [-0.05, 0) is 24.6 Å². The van der Waals surface area contributed by atoms with Gasteiger partial charge in [0.1, 0.15) is 18.2 Å². The van der Waals surface area contributed by atoms with E-state index in [1.165, 1.54) is 6.08 Å². The van der Waals surface area contributed by atoms with Gasteiger partial charge in [-0.1, -0.05) is 24.8 Å². The Hall–Kier alpha value is -3.55. The standard InChI is InChI=1S/C19H19N3O5/c1-4-9-27-18(24)13-10(2)20-16-15(17(23)22-19(25)21-16)14(13)11-5-7-12(26-3)8-6-11/h4-8,14H,1,9H2,2-3H3,(H3,20,21,22,23,25). The summed E-state index contributed by atoms with van der Waals surface area (Å²) in [6, 6.07) is 6.99. The van der Waals surface area contributed by atoms with E-state index < -0.39 is 23.1 Å². The molecule has 1 aromatic carbocycles. The van der Waals surface area contributed by atoms with Crippen LogP contribution in [0.5, 0.6) is 5.75 Å². The molecule has 0 saturated heterocycles. The van der Waals surface area contributed by atoms with Gasteiger partial charge in [-0.15, -0.1) is 0 Å². The van der Waals surface area contributed by atoms with Crippen molar-refractivity contribution >= 4 is 11.8 Å². The van der Waals surface area contributed by atoms with Crippen LogP contribution in [0.4, 0.5) is 5.82 Å². The van der Waals surface area contributed by atoms with Gasteiger partial charge >= 0.3 is 11.7 Å². The predicted molar refractivity (Wildman–Crippen MR) is 100.0 cm³/mol. The fourth-order valence-corrected chi connectivity index (χ4v) is 3.10. The summed E-state index contributed by atoms with van der Waals surface area (Å²) in [5.41, 5.74) is 0.469. The number of esters is 1. The number of allylic oxidation sites excluding steroid dienone is 1.